The fraction of sp³-hybridized carbons (Fsp3) is 0.483. The van der Waals surface area contributed by atoms with E-state index in [-0.39, 0.29) is 11.1 Å². The smallest absolute Gasteiger partial charge is 0.252 e. The van der Waals surface area contributed by atoms with E-state index in [0.717, 1.165) is 36.0 Å². The van der Waals surface area contributed by atoms with E-state index in [9.17, 15) is 9.18 Å². The monoisotopic (exact) mass is 493 g/mol. The molecule has 0 bridgehead atoms. The lowest BCUT2D eigenvalue weighted by atomic mass is 9.91. The number of ether oxygens (including phenoxy) is 2. The molecular weight excluding hydrogens is 457 g/mol. The first-order valence-electron chi connectivity index (χ1n) is 12.9. The second-order valence-corrected chi connectivity index (χ2v) is 9.24. The van der Waals surface area contributed by atoms with Crippen molar-refractivity contribution in [3.8, 4) is 17.6 Å². The van der Waals surface area contributed by atoms with Gasteiger partial charge in [-0.1, -0.05) is 52.9 Å². The first-order valence-corrected chi connectivity index (χ1v) is 12.9. The Bertz CT molecular complexity index is 1240. The third-order valence-electron chi connectivity index (χ3n) is 6.38. The molecule has 1 aromatic carbocycles. The van der Waals surface area contributed by atoms with Gasteiger partial charge in [-0.15, -0.1) is 0 Å². The summed E-state index contributed by atoms with van der Waals surface area (Å²) < 4.78 is 25.5. The van der Waals surface area contributed by atoms with Gasteiger partial charge in [0.25, 0.3) is 5.56 Å². The zero-order chi connectivity index (χ0) is 25.9. The Labute approximate surface area is 212 Å². The number of aromatic nitrogens is 2. The third-order valence-corrected chi connectivity index (χ3v) is 6.38. The van der Waals surface area contributed by atoms with Gasteiger partial charge < -0.3 is 14.0 Å². The number of benzene rings is 1. The summed E-state index contributed by atoms with van der Waals surface area (Å²) >= 11 is 0. The van der Waals surface area contributed by atoms with Gasteiger partial charge in [0.2, 0.25) is 0 Å². The number of halogens is 1. The molecule has 0 radical (unpaired) electrons. The van der Waals surface area contributed by atoms with Gasteiger partial charge in [0.05, 0.1) is 17.3 Å². The maximum Gasteiger partial charge on any atom is 0.252 e. The fourth-order valence-electron chi connectivity index (χ4n) is 4.39. The van der Waals surface area contributed by atoms with Crippen LogP contribution in [0.1, 0.15) is 70.6 Å². The summed E-state index contributed by atoms with van der Waals surface area (Å²) in [6.45, 7) is 8.15. The summed E-state index contributed by atoms with van der Waals surface area (Å²) in [5, 5.41) is 9.57. The van der Waals surface area contributed by atoms with Crippen molar-refractivity contribution in [3.63, 3.8) is 0 Å². The lowest BCUT2D eigenvalue weighted by Crippen LogP contribution is -2.20. The van der Waals surface area contributed by atoms with Crippen molar-refractivity contribution in [1.82, 2.24) is 9.55 Å². The molecule has 2 aromatic heterocycles. The number of pyridine rings is 2. The van der Waals surface area contributed by atoms with E-state index in [2.05, 4.69) is 18.8 Å². The lowest BCUT2D eigenvalue weighted by molar-refractivity contribution is 0.170. The second kappa shape index (κ2) is 13.6. The van der Waals surface area contributed by atoms with E-state index in [1.54, 1.807) is 6.20 Å². The van der Waals surface area contributed by atoms with E-state index in [0.29, 0.717) is 30.7 Å². The van der Waals surface area contributed by atoms with Crippen LogP contribution in [0.3, 0.4) is 0 Å². The lowest BCUT2D eigenvalue weighted by Gasteiger charge is -2.17. The second-order valence-electron chi connectivity index (χ2n) is 9.24. The van der Waals surface area contributed by atoms with Gasteiger partial charge in [-0.25, -0.2) is 4.39 Å². The largest absolute Gasteiger partial charge is 0.486 e. The van der Waals surface area contributed by atoms with Gasteiger partial charge in [0, 0.05) is 29.8 Å². The van der Waals surface area contributed by atoms with Crippen LogP contribution in [-0.4, -0.2) is 22.8 Å². The minimum atomic E-state index is -0.406. The maximum atomic E-state index is 13.2. The molecule has 1 fully saturated rings. The Morgan fingerprint density at radius 1 is 1.08 bits per heavy atom. The summed E-state index contributed by atoms with van der Waals surface area (Å²) in [4.78, 5) is 16.0. The maximum absolute atomic E-state index is 13.2. The highest BCUT2D eigenvalue weighted by Gasteiger charge is 2.12. The van der Waals surface area contributed by atoms with Crippen molar-refractivity contribution in [2.75, 3.05) is 13.2 Å². The van der Waals surface area contributed by atoms with E-state index < -0.39 is 5.82 Å². The SMILES string of the molecule is CC1CCCCC1.CCCn1c(=O)cc(C#N)c2ccc(F)cc21.CCc1cc2c(cn1)OCCO2. The average molecular weight is 494 g/mol. The van der Waals surface area contributed by atoms with Crippen LogP contribution in [0.25, 0.3) is 10.9 Å². The molecule has 2 aliphatic rings. The molecule has 1 saturated carbocycles. The summed E-state index contributed by atoms with van der Waals surface area (Å²) in [5.41, 5.74) is 1.55. The number of hydrogen-bond donors (Lipinski definition) is 0. The van der Waals surface area contributed by atoms with Crippen molar-refractivity contribution < 1.29 is 13.9 Å². The number of nitriles is 1. The number of aryl methyl sites for hydroxylation is 2. The molecule has 192 valence electrons. The van der Waals surface area contributed by atoms with Crippen molar-refractivity contribution in [1.29, 1.82) is 5.26 Å². The Balaban J connectivity index is 0.000000164. The van der Waals surface area contributed by atoms with Gasteiger partial charge in [-0.2, -0.15) is 5.26 Å². The van der Waals surface area contributed by atoms with Gasteiger partial charge in [0.1, 0.15) is 25.1 Å². The number of nitrogens with zero attached hydrogens (tertiary/aromatic N) is 3. The summed E-state index contributed by atoms with van der Waals surface area (Å²) in [6.07, 6.45) is 10.9. The molecule has 3 heterocycles. The molecule has 0 atom stereocenters. The summed E-state index contributed by atoms with van der Waals surface area (Å²) in [6, 6.07) is 9.34. The molecule has 3 aromatic rings. The Hall–Kier alpha value is -3.40. The number of rotatable bonds is 3. The highest BCUT2D eigenvalue weighted by Crippen LogP contribution is 2.29. The molecular formula is C29H36FN3O3. The van der Waals surface area contributed by atoms with Crippen LogP contribution in [0.5, 0.6) is 11.5 Å². The Morgan fingerprint density at radius 2 is 1.81 bits per heavy atom. The van der Waals surface area contributed by atoms with Crippen LogP contribution in [0, 0.1) is 23.1 Å². The van der Waals surface area contributed by atoms with E-state index in [1.165, 1.54) is 60.9 Å². The van der Waals surface area contributed by atoms with Crippen molar-refractivity contribution in [3.05, 3.63) is 64.0 Å². The standard InChI is InChI=1S/C13H11FN2O.C9H11NO2.C7H14/c1-2-5-16-12-7-10(14)3-4-11(12)9(8-15)6-13(16)17;1-2-7-5-8-9(6-10-7)12-4-3-11-8;1-7-5-3-2-4-6-7/h3-4,6-7H,2,5H2,1H3;5-6H,2-4H2,1H3;7H,2-6H2,1H3. The van der Waals surface area contributed by atoms with Crippen LogP contribution < -0.4 is 15.0 Å². The Kier molecular flexibility index (Phi) is 10.3. The molecule has 0 spiro atoms. The molecule has 0 unspecified atom stereocenters. The predicted molar refractivity (Wildman–Crippen MR) is 140 cm³/mol. The molecule has 1 aliphatic heterocycles. The Morgan fingerprint density at radius 3 is 2.42 bits per heavy atom. The fourth-order valence-corrected chi connectivity index (χ4v) is 4.39. The van der Waals surface area contributed by atoms with Crippen LogP contribution >= 0.6 is 0 Å². The normalized spacial score (nSPS) is 14.6. The van der Waals surface area contributed by atoms with Gasteiger partial charge in [-0.05, 0) is 37.0 Å². The highest BCUT2D eigenvalue weighted by molar-refractivity contribution is 5.84. The van der Waals surface area contributed by atoms with Gasteiger partial charge >= 0.3 is 0 Å². The molecule has 1 aliphatic carbocycles. The predicted octanol–water partition coefficient (Wildman–Crippen LogP) is 6.42. The van der Waals surface area contributed by atoms with Crippen molar-refractivity contribution in [2.24, 2.45) is 5.92 Å². The van der Waals surface area contributed by atoms with E-state index in [4.69, 9.17) is 14.7 Å². The quantitative estimate of drug-likeness (QED) is 0.420. The first kappa shape index (κ1) is 27.2. The summed E-state index contributed by atoms with van der Waals surface area (Å²) in [5.74, 6) is 2.22. The average Bonchev–Trinajstić information content (AvgIpc) is 2.91. The molecule has 7 heteroatoms. The van der Waals surface area contributed by atoms with Crippen LogP contribution in [0.2, 0.25) is 0 Å². The molecule has 6 nitrogen and oxygen atoms in total. The van der Waals surface area contributed by atoms with Gasteiger partial charge in [-0.3, -0.25) is 9.78 Å². The molecule has 36 heavy (non-hydrogen) atoms. The van der Waals surface area contributed by atoms with Crippen LogP contribution in [-0.2, 0) is 13.0 Å². The van der Waals surface area contributed by atoms with Crippen molar-refractivity contribution in [2.45, 2.75) is 72.3 Å². The topological polar surface area (TPSA) is 77.1 Å². The van der Waals surface area contributed by atoms with E-state index >= 15 is 0 Å². The first-order chi connectivity index (χ1) is 17.5. The van der Waals surface area contributed by atoms with Crippen LogP contribution in [0.15, 0.2) is 41.3 Å². The molecule has 0 N–H and O–H groups in total. The zero-order valence-corrected chi connectivity index (χ0v) is 21.6. The summed E-state index contributed by atoms with van der Waals surface area (Å²) in [7, 11) is 0. The molecule has 0 amide bonds. The van der Waals surface area contributed by atoms with Gasteiger partial charge in [0.15, 0.2) is 11.5 Å². The van der Waals surface area contributed by atoms with E-state index in [1.807, 2.05) is 19.1 Å². The minimum absolute atomic E-state index is 0.262. The zero-order valence-electron chi connectivity index (χ0n) is 21.6. The highest BCUT2D eigenvalue weighted by atomic mass is 19.1. The molecule has 5 rings (SSSR count). The minimum Gasteiger partial charge on any atom is -0.486 e. The van der Waals surface area contributed by atoms with Crippen LogP contribution in [0.4, 0.5) is 4.39 Å². The molecule has 0 saturated heterocycles. The third kappa shape index (κ3) is 7.30. The number of fused-ring (bicyclic) bond motifs is 2. The number of hydrogen-bond acceptors (Lipinski definition) is 5. The van der Waals surface area contributed by atoms with Crippen molar-refractivity contribution >= 4 is 10.9 Å².